The Morgan fingerprint density at radius 2 is 1.63 bits per heavy atom. The highest BCUT2D eigenvalue weighted by atomic mass is 79.9. The first-order valence-corrected chi connectivity index (χ1v) is 14.3. The Kier molecular flexibility index (Phi) is 7.73. The zero-order valence-electron chi connectivity index (χ0n) is 21.0. The van der Waals surface area contributed by atoms with E-state index in [1.54, 1.807) is 42.5 Å². The van der Waals surface area contributed by atoms with E-state index >= 15 is 0 Å². The van der Waals surface area contributed by atoms with Crippen molar-refractivity contribution in [2.45, 2.75) is 6.42 Å². The van der Waals surface area contributed by atoms with Crippen LogP contribution in [0.5, 0.6) is 0 Å². The van der Waals surface area contributed by atoms with Crippen LogP contribution in [0.2, 0.25) is 15.1 Å². The van der Waals surface area contributed by atoms with Crippen molar-refractivity contribution in [3.05, 3.63) is 132 Å². The van der Waals surface area contributed by atoms with Gasteiger partial charge >= 0.3 is 6.01 Å². The van der Waals surface area contributed by atoms with Crippen LogP contribution in [0.25, 0.3) is 16.9 Å². The topological polar surface area (TPSA) is 85.0 Å². The SMILES string of the molecule is O=c1c2cc(Br)ccc2nc(Cc2ccccc2Nc2c(Cl)cccc2Cl)n1-c1nc(Nc2cccc(Cl)c2)co1. The van der Waals surface area contributed by atoms with E-state index in [9.17, 15) is 4.79 Å². The minimum Gasteiger partial charge on any atom is -0.429 e. The molecule has 0 bridgehead atoms. The highest BCUT2D eigenvalue weighted by Gasteiger charge is 2.19. The van der Waals surface area contributed by atoms with E-state index in [0.717, 1.165) is 21.4 Å². The number of rotatable bonds is 7. The highest BCUT2D eigenvalue weighted by Crippen LogP contribution is 2.34. The van der Waals surface area contributed by atoms with Crippen molar-refractivity contribution in [3.63, 3.8) is 0 Å². The van der Waals surface area contributed by atoms with Crippen molar-refractivity contribution < 1.29 is 4.42 Å². The molecule has 0 saturated carbocycles. The molecule has 0 aliphatic rings. The fraction of sp³-hybridized carbons (Fsp3) is 0.0333. The van der Waals surface area contributed by atoms with Crippen molar-refractivity contribution in [2.24, 2.45) is 0 Å². The van der Waals surface area contributed by atoms with Crippen molar-refractivity contribution in [2.75, 3.05) is 10.6 Å². The molecule has 6 rings (SSSR count). The monoisotopic (exact) mass is 665 g/mol. The predicted molar refractivity (Wildman–Crippen MR) is 169 cm³/mol. The Morgan fingerprint density at radius 1 is 0.854 bits per heavy atom. The molecule has 0 radical (unpaired) electrons. The van der Waals surface area contributed by atoms with Crippen molar-refractivity contribution >= 4 is 84.5 Å². The number of benzene rings is 4. The Labute approximate surface area is 257 Å². The molecule has 0 unspecified atom stereocenters. The van der Waals surface area contributed by atoms with Gasteiger partial charge in [0.05, 0.1) is 26.6 Å². The molecule has 0 fully saturated rings. The van der Waals surface area contributed by atoms with Gasteiger partial charge in [-0.1, -0.05) is 81.1 Å². The van der Waals surface area contributed by atoms with Crippen LogP contribution < -0.4 is 16.2 Å². The average Bonchev–Trinajstić information content (AvgIpc) is 3.40. The number of aromatic nitrogens is 3. The smallest absolute Gasteiger partial charge is 0.312 e. The third kappa shape index (κ3) is 5.83. The summed E-state index contributed by atoms with van der Waals surface area (Å²) in [5, 5.41) is 8.45. The number of hydrogen-bond acceptors (Lipinski definition) is 6. The zero-order chi connectivity index (χ0) is 28.5. The van der Waals surface area contributed by atoms with E-state index < -0.39 is 0 Å². The maximum absolute atomic E-state index is 13.9. The molecule has 0 saturated heterocycles. The molecule has 0 atom stereocenters. The average molecular weight is 668 g/mol. The summed E-state index contributed by atoms with van der Waals surface area (Å²) in [6.45, 7) is 0. The summed E-state index contributed by atoms with van der Waals surface area (Å²) in [4.78, 5) is 23.3. The third-order valence-corrected chi connectivity index (χ3v) is 7.63. The molecule has 2 aromatic heterocycles. The van der Waals surface area contributed by atoms with Crippen molar-refractivity contribution in [1.82, 2.24) is 14.5 Å². The van der Waals surface area contributed by atoms with E-state index in [1.807, 2.05) is 42.5 Å². The Bertz CT molecular complexity index is 1950. The molecular weight excluding hydrogens is 649 g/mol. The van der Waals surface area contributed by atoms with Crippen LogP contribution in [0.1, 0.15) is 11.4 Å². The van der Waals surface area contributed by atoms with Crippen LogP contribution in [-0.4, -0.2) is 14.5 Å². The summed E-state index contributed by atoms with van der Waals surface area (Å²) in [6.07, 6.45) is 1.71. The number of para-hydroxylation sites is 2. The van der Waals surface area contributed by atoms with E-state index in [2.05, 4.69) is 31.5 Å². The van der Waals surface area contributed by atoms with Gasteiger partial charge < -0.3 is 15.1 Å². The Balaban J connectivity index is 1.44. The Hall–Kier alpha value is -3.82. The fourth-order valence-electron chi connectivity index (χ4n) is 4.38. The lowest BCUT2D eigenvalue weighted by Crippen LogP contribution is -2.24. The second-order valence-corrected chi connectivity index (χ2v) is 11.2. The lowest BCUT2D eigenvalue weighted by atomic mass is 10.1. The summed E-state index contributed by atoms with van der Waals surface area (Å²) in [5.74, 6) is 0.838. The van der Waals surface area contributed by atoms with Gasteiger partial charge in [-0.3, -0.25) is 4.79 Å². The van der Waals surface area contributed by atoms with Gasteiger partial charge in [-0.25, -0.2) is 9.55 Å². The summed E-state index contributed by atoms with van der Waals surface area (Å²) in [7, 11) is 0. The van der Waals surface area contributed by atoms with Crippen LogP contribution in [0.15, 0.2) is 105 Å². The predicted octanol–water partition coefficient (Wildman–Crippen LogP) is 9.17. The minimum absolute atomic E-state index is 0.0727. The number of halogens is 4. The van der Waals surface area contributed by atoms with E-state index in [0.29, 0.717) is 43.3 Å². The van der Waals surface area contributed by atoms with E-state index in [4.69, 9.17) is 44.2 Å². The van der Waals surface area contributed by atoms with Gasteiger partial charge in [0, 0.05) is 27.3 Å². The number of nitrogens with one attached hydrogen (secondary N) is 2. The van der Waals surface area contributed by atoms with Crippen LogP contribution in [-0.2, 0) is 6.42 Å². The number of hydrogen-bond donors (Lipinski definition) is 2. The van der Waals surface area contributed by atoms with Crippen molar-refractivity contribution in [1.29, 1.82) is 0 Å². The molecule has 2 N–H and O–H groups in total. The van der Waals surface area contributed by atoms with Crippen LogP contribution in [0.3, 0.4) is 0 Å². The highest BCUT2D eigenvalue weighted by molar-refractivity contribution is 9.10. The Morgan fingerprint density at radius 3 is 2.44 bits per heavy atom. The van der Waals surface area contributed by atoms with Gasteiger partial charge in [0.15, 0.2) is 5.82 Å². The second-order valence-electron chi connectivity index (χ2n) is 9.04. The minimum atomic E-state index is -0.318. The first kappa shape index (κ1) is 27.4. The first-order valence-electron chi connectivity index (χ1n) is 12.3. The standard InChI is InChI=1S/C30H19BrCl3N5O2/c31-18-11-12-25-21(14-18)29(40)39(30-38-26(16-41-30)35-20-7-3-6-19(32)15-20)27(36-25)13-17-5-1-2-10-24(17)37-28-22(33)8-4-9-23(28)34/h1-12,14-16,35,37H,13H2. The number of anilines is 4. The van der Waals surface area contributed by atoms with Gasteiger partial charge in [-0.05, 0) is 60.2 Å². The normalized spacial score (nSPS) is 11.1. The molecule has 11 heteroatoms. The second kappa shape index (κ2) is 11.6. The van der Waals surface area contributed by atoms with E-state index in [-0.39, 0.29) is 18.0 Å². The molecule has 0 spiro atoms. The van der Waals surface area contributed by atoms with Crippen LogP contribution in [0, 0.1) is 0 Å². The number of oxazole rings is 1. The lowest BCUT2D eigenvalue weighted by molar-refractivity contribution is 0.515. The summed E-state index contributed by atoms with van der Waals surface area (Å²) in [5.41, 5.74) is 3.15. The maximum atomic E-state index is 13.9. The van der Waals surface area contributed by atoms with Gasteiger partial charge in [0.25, 0.3) is 5.56 Å². The number of fused-ring (bicyclic) bond motifs is 1. The molecule has 41 heavy (non-hydrogen) atoms. The first-order chi connectivity index (χ1) is 19.9. The van der Waals surface area contributed by atoms with Crippen molar-refractivity contribution in [3.8, 4) is 6.01 Å². The van der Waals surface area contributed by atoms with Gasteiger partial charge in [-0.2, -0.15) is 4.98 Å². The molecule has 0 amide bonds. The molecule has 2 heterocycles. The number of nitrogens with zero attached hydrogens (tertiary/aromatic N) is 3. The van der Waals surface area contributed by atoms with E-state index in [1.165, 1.54) is 10.8 Å². The van der Waals surface area contributed by atoms with Crippen LogP contribution >= 0.6 is 50.7 Å². The molecule has 204 valence electrons. The summed E-state index contributed by atoms with van der Waals surface area (Å²) < 4.78 is 7.94. The third-order valence-electron chi connectivity index (χ3n) is 6.27. The lowest BCUT2D eigenvalue weighted by Gasteiger charge is -2.16. The largest absolute Gasteiger partial charge is 0.429 e. The summed E-state index contributed by atoms with van der Waals surface area (Å²) in [6, 6.07) is 25.6. The molecule has 0 aliphatic heterocycles. The summed E-state index contributed by atoms with van der Waals surface area (Å²) >= 11 is 22.4. The quantitative estimate of drug-likeness (QED) is 0.177. The van der Waals surface area contributed by atoms with Gasteiger partial charge in [-0.15, -0.1) is 0 Å². The maximum Gasteiger partial charge on any atom is 0.312 e. The van der Waals surface area contributed by atoms with Crippen LogP contribution in [0.4, 0.5) is 22.9 Å². The fourth-order valence-corrected chi connectivity index (χ4v) is 5.42. The molecular formula is C30H19BrCl3N5O2. The van der Waals surface area contributed by atoms with Gasteiger partial charge in [0.2, 0.25) is 0 Å². The molecule has 0 aliphatic carbocycles. The molecule has 4 aromatic carbocycles. The molecule has 6 aromatic rings. The van der Waals surface area contributed by atoms with Gasteiger partial charge in [0.1, 0.15) is 12.1 Å². The zero-order valence-corrected chi connectivity index (χ0v) is 24.9. The molecule has 7 nitrogen and oxygen atoms in total.